The minimum absolute atomic E-state index is 0.872. The van der Waals surface area contributed by atoms with Gasteiger partial charge in [-0.15, -0.1) is 0 Å². The molecule has 0 fully saturated rings. The van der Waals surface area contributed by atoms with Crippen LogP contribution < -0.4 is 5.32 Å². The SMILES string of the molecule is CC1=CNCC=N1. The Bertz CT molecular complexity index is 113. The zero-order chi connectivity index (χ0) is 5.11. The van der Waals surface area contributed by atoms with E-state index in [2.05, 4.69) is 10.3 Å². The number of aliphatic imine (C=N–C) groups is 1. The number of hydrogen-bond acceptors (Lipinski definition) is 2. The average molecular weight is 96.1 g/mol. The first-order chi connectivity index (χ1) is 3.39. The van der Waals surface area contributed by atoms with Gasteiger partial charge >= 0.3 is 0 Å². The molecule has 1 rings (SSSR count). The maximum absolute atomic E-state index is 4.00. The van der Waals surface area contributed by atoms with Crippen molar-refractivity contribution in [3.05, 3.63) is 11.9 Å². The van der Waals surface area contributed by atoms with Gasteiger partial charge in [0, 0.05) is 19.0 Å². The Morgan fingerprint density at radius 1 is 1.86 bits per heavy atom. The predicted molar refractivity (Wildman–Crippen MR) is 30.3 cm³/mol. The largest absolute Gasteiger partial charge is 0.384 e. The molecule has 7 heavy (non-hydrogen) atoms. The second-order valence-electron chi connectivity index (χ2n) is 1.51. The number of nitrogens with one attached hydrogen (secondary N) is 1. The number of nitrogens with zero attached hydrogens (tertiary/aromatic N) is 1. The van der Waals surface area contributed by atoms with Gasteiger partial charge in [-0.05, 0) is 6.92 Å². The summed E-state index contributed by atoms with van der Waals surface area (Å²) in [7, 11) is 0. The van der Waals surface area contributed by atoms with Crippen LogP contribution in [-0.4, -0.2) is 12.8 Å². The molecule has 0 atom stereocenters. The second kappa shape index (κ2) is 1.78. The lowest BCUT2D eigenvalue weighted by Crippen LogP contribution is -2.11. The Balaban J connectivity index is 2.58. The topological polar surface area (TPSA) is 24.4 Å². The number of allylic oxidation sites excluding steroid dienone is 1. The second-order valence-corrected chi connectivity index (χ2v) is 1.51. The van der Waals surface area contributed by atoms with Crippen LogP contribution in [0.5, 0.6) is 0 Å². The van der Waals surface area contributed by atoms with Crippen LogP contribution >= 0.6 is 0 Å². The predicted octanol–water partition coefficient (Wildman–Crippen LogP) is 0.522. The first-order valence-electron chi connectivity index (χ1n) is 2.32. The molecule has 1 aliphatic rings. The molecule has 2 heteroatoms. The minimum atomic E-state index is 0.872. The van der Waals surface area contributed by atoms with E-state index in [0.29, 0.717) is 0 Å². The van der Waals surface area contributed by atoms with Crippen LogP contribution in [0.3, 0.4) is 0 Å². The van der Waals surface area contributed by atoms with Gasteiger partial charge in [0.25, 0.3) is 0 Å². The van der Waals surface area contributed by atoms with Gasteiger partial charge in [-0.3, -0.25) is 4.99 Å². The maximum atomic E-state index is 4.00. The van der Waals surface area contributed by atoms with Gasteiger partial charge in [-0.1, -0.05) is 0 Å². The summed E-state index contributed by atoms with van der Waals surface area (Å²) in [5.41, 5.74) is 1.05. The lowest BCUT2D eigenvalue weighted by molar-refractivity contribution is 0.973. The Hall–Kier alpha value is -0.790. The molecule has 0 bridgehead atoms. The van der Waals surface area contributed by atoms with Gasteiger partial charge in [-0.2, -0.15) is 0 Å². The molecule has 0 aromatic heterocycles. The molecule has 0 radical (unpaired) electrons. The van der Waals surface area contributed by atoms with Crippen LogP contribution in [0.4, 0.5) is 0 Å². The molecule has 0 aromatic rings. The normalized spacial score (nSPS) is 18.1. The van der Waals surface area contributed by atoms with Crippen molar-refractivity contribution in [3.63, 3.8) is 0 Å². The lowest BCUT2D eigenvalue weighted by atomic mass is 10.5. The van der Waals surface area contributed by atoms with E-state index < -0.39 is 0 Å². The third-order valence-electron chi connectivity index (χ3n) is 0.815. The van der Waals surface area contributed by atoms with E-state index in [1.807, 2.05) is 19.3 Å². The van der Waals surface area contributed by atoms with Crippen molar-refractivity contribution < 1.29 is 0 Å². The molecule has 0 spiro atoms. The van der Waals surface area contributed by atoms with E-state index in [1.54, 1.807) is 0 Å². The Morgan fingerprint density at radius 2 is 2.71 bits per heavy atom. The fourth-order valence-electron chi connectivity index (χ4n) is 0.486. The van der Waals surface area contributed by atoms with Gasteiger partial charge in [-0.25, -0.2) is 0 Å². The molecular formula is C5H8N2. The summed E-state index contributed by atoms with van der Waals surface area (Å²) in [4.78, 5) is 4.00. The standard InChI is InChI=1S/C5H8N2/c1-5-4-6-2-3-7-5/h3-4,6H,2H2,1H3. The summed E-state index contributed by atoms with van der Waals surface area (Å²) in [6.07, 6.45) is 3.76. The molecule has 0 saturated heterocycles. The van der Waals surface area contributed by atoms with Crippen molar-refractivity contribution in [2.24, 2.45) is 4.99 Å². The first-order valence-corrected chi connectivity index (χ1v) is 2.32. The highest BCUT2D eigenvalue weighted by Crippen LogP contribution is 1.91. The summed E-state index contributed by atoms with van der Waals surface area (Å²) in [6, 6.07) is 0. The van der Waals surface area contributed by atoms with E-state index in [4.69, 9.17) is 0 Å². The van der Waals surface area contributed by atoms with Gasteiger partial charge in [0.1, 0.15) is 0 Å². The average Bonchev–Trinajstić information content (AvgIpc) is 1.69. The molecule has 1 aliphatic heterocycles. The highest BCUT2D eigenvalue weighted by molar-refractivity contribution is 5.62. The van der Waals surface area contributed by atoms with E-state index >= 15 is 0 Å². The Kier molecular flexibility index (Phi) is 1.11. The van der Waals surface area contributed by atoms with Gasteiger partial charge in [0.2, 0.25) is 0 Å². The molecule has 1 N–H and O–H groups in total. The quantitative estimate of drug-likeness (QED) is 0.467. The molecule has 38 valence electrons. The monoisotopic (exact) mass is 96.1 g/mol. The number of hydrogen-bond donors (Lipinski definition) is 1. The smallest absolute Gasteiger partial charge is 0.0525 e. The van der Waals surface area contributed by atoms with Crippen LogP contribution in [0.25, 0.3) is 0 Å². The molecule has 0 unspecified atom stereocenters. The molecule has 0 amide bonds. The molecule has 0 aromatic carbocycles. The van der Waals surface area contributed by atoms with Crippen LogP contribution in [0, 0.1) is 0 Å². The Morgan fingerprint density at radius 3 is 3.00 bits per heavy atom. The van der Waals surface area contributed by atoms with Crippen molar-refractivity contribution in [1.29, 1.82) is 0 Å². The van der Waals surface area contributed by atoms with Crippen molar-refractivity contribution in [2.45, 2.75) is 6.92 Å². The fourth-order valence-corrected chi connectivity index (χ4v) is 0.486. The van der Waals surface area contributed by atoms with Crippen molar-refractivity contribution in [3.8, 4) is 0 Å². The summed E-state index contributed by atoms with van der Waals surface area (Å²) in [6.45, 7) is 2.83. The lowest BCUT2D eigenvalue weighted by Gasteiger charge is -2.00. The summed E-state index contributed by atoms with van der Waals surface area (Å²) in [5.74, 6) is 0. The zero-order valence-corrected chi connectivity index (χ0v) is 4.31. The minimum Gasteiger partial charge on any atom is -0.384 e. The zero-order valence-electron chi connectivity index (χ0n) is 4.31. The van der Waals surface area contributed by atoms with Crippen LogP contribution in [0.1, 0.15) is 6.92 Å². The van der Waals surface area contributed by atoms with Crippen LogP contribution in [0.15, 0.2) is 16.9 Å². The van der Waals surface area contributed by atoms with Crippen molar-refractivity contribution >= 4 is 6.21 Å². The van der Waals surface area contributed by atoms with Gasteiger partial charge in [0.15, 0.2) is 0 Å². The summed E-state index contributed by atoms with van der Waals surface area (Å²) >= 11 is 0. The van der Waals surface area contributed by atoms with E-state index in [-0.39, 0.29) is 0 Å². The van der Waals surface area contributed by atoms with Crippen LogP contribution in [-0.2, 0) is 0 Å². The highest BCUT2D eigenvalue weighted by Gasteiger charge is 1.85. The third-order valence-corrected chi connectivity index (χ3v) is 0.815. The van der Waals surface area contributed by atoms with Crippen molar-refractivity contribution in [1.82, 2.24) is 5.32 Å². The third kappa shape index (κ3) is 1.03. The van der Waals surface area contributed by atoms with Crippen molar-refractivity contribution in [2.75, 3.05) is 6.54 Å². The van der Waals surface area contributed by atoms with E-state index in [9.17, 15) is 0 Å². The molecule has 2 nitrogen and oxygen atoms in total. The fraction of sp³-hybridized carbons (Fsp3) is 0.400. The highest BCUT2D eigenvalue weighted by atomic mass is 14.9. The number of rotatable bonds is 0. The first kappa shape index (κ1) is 4.37. The summed E-state index contributed by atoms with van der Waals surface area (Å²) < 4.78 is 0. The molecule has 1 heterocycles. The molecule has 0 aliphatic carbocycles. The maximum Gasteiger partial charge on any atom is 0.0525 e. The molecular weight excluding hydrogens is 88.1 g/mol. The van der Waals surface area contributed by atoms with Crippen LogP contribution in [0.2, 0.25) is 0 Å². The van der Waals surface area contributed by atoms with Gasteiger partial charge in [0.05, 0.1) is 5.70 Å². The van der Waals surface area contributed by atoms with Gasteiger partial charge < -0.3 is 5.32 Å². The Labute approximate surface area is 42.9 Å². The summed E-state index contributed by atoms with van der Waals surface area (Å²) in [5, 5.41) is 3.02. The van der Waals surface area contributed by atoms with E-state index in [1.165, 1.54) is 0 Å². The van der Waals surface area contributed by atoms with E-state index in [0.717, 1.165) is 12.2 Å². The molecule has 0 saturated carbocycles.